The van der Waals surface area contributed by atoms with Crippen LogP contribution in [0.1, 0.15) is 32.3 Å². The largest absolute Gasteiger partial charge is 0.357 e. The topological polar surface area (TPSA) is 73.8 Å². The summed E-state index contributed by atoms with van der Waals surface area (Å²) in [5.41, 5.74) is 1.33. The Kier molecular flexibility index (Phi) is 10.5. The molecule has 0 radical (unpaired) electrons. The molecule has 1 atom stereocenters. The minimum atomic E-state index is -3.04. The molecular weight excluding hydrogens is 463 g/mol. The van der Waals surface area contributed by atoms with Crippen molar-refractivity contribution in [2.75, 3.05) is 31.9 Å². The quantitative estimate of drug-likeness (QED) is 0.330. The van der Waals surface area contributed by atoms with E-state index in [0.717, 1.165) is 31.8 Å². The predicted octanol–water partition coefficient (Wildman–Crippen LogP) is 2.22. The van der Waals surface area contributed by atoms with Gasteiger partial charge in [0.15, 0.2) is 5.96 Å². The van der Waals surface area contributed by atoms with Crippen LogP contribution in [0.4, 0.5) is 0 Å². The average Bonchev–Trinajstić information content (AvgIpc) is 2.93. The minimum absolute atomic E-state index is 0. The zero-order valence-corrected chi connectivity index (χ0v) is 18.8. The molecule has 1 aromatic rings. The number of benzene rings is 1. The first-order chi connectivity index (χ1) is 12.0. The third-order valence-electron chi connectivity index (χ3n) is 4.26. The van der Waals surface area contributed by atoms with Crippen LogP contribution < -0.4 is 10.6 Å². The number of sulfonamides is 1. The van der Waals surface area contributed by atoms with Gasteiger partial charge in [-0.05, 0) is 38.7 Å². The number of rotatable bonds is 8. The maximum atomic E-state index is 11.8. The molecule has 1 aliphatic rings. The number of guanidine groups is 1. The Morgan fingerprint density at radius 2 is 2.04 bits per heavy atom. The zero-order chi connectivity index (χ0) is 18.1. The van der Waals surface area contributed by atoms with Gasteiger partial charge in [-0.25, -0.2) is 12.7 Å². The van der Waals surface area contributed by atoms with Crippen molar-refractivity contribution in [2.24, 2.45) is 4.99 Å². The molecule has 0 amide bonds. The Hall–Kier alpha value is -0.870. The van der Waals surface area contributed by atoms with Crippen LogP contribution in [0.2, 0.25) is 0 Å². The number of nitrogens with zero attached hydrogens (tertiary/aromatic N) is 2. The first-order valence-corrected chi connectivity index (χ1v) is 10.7. The van der Waals surface area contributed by atoms with Gasteiger partial charge in [0, 0.05) is 25.7 Å². The van der Waals surface area contributed by atoms with E-state index in [9.17, 15) is 8.42 Å². The summed E-state index contributed by atoms with van der Waals surface area (Å²) >= 11 is 0. The number of aryl methyl sites for hydroxylation is 1. The molecule has 1 aromatic carbocycles. The van der Waals surface area contributed by atoms with Gasteiger partial charge in [0.2, 0.25) is 10.0 Å². The van der Waals surface area contributed by atoms with Crippen LogP contribution in [-0.4, -0.2) is 56.7 Å². The Morgan fingerprint density at radius 3 is 2.65 bits per heavy atom. The van der Waals surface area contributed by atoms with Crippen molar-refractivity contribution in [3.05, 3.63) is 35.9 Å². The van der Waals surface area contributed by atoms with Gasteiger partial charge in [-0.2, -0.15) is 0 Å². The van der Waals surface area contributed by atoms with E-state index < -0.39 is 10.0 Å². The van der Waals surface area contributed by atoms with Crippen molar-refractivity contribution in [3.8, 4) is 0 Å². The highest BCUT2D eigenvalue weighted by atomic mass is 127. The molecule has 0 spiro atoms. The SMILES string of the molecule is CCNC(=NCCN1CCCS1(=O)=O)NC(C)CCc1ccccc1.I. The Morgan fingerprint density at radius 1 is 1.31 bits per heavy atom. The number of halogens is 1. The van der Waals surface area contributed by atoms with Gasteiger partial charge in [0.1, 0.15) is 0 Å². The highest BCUT2D eigenvalue weighted by molar-refractivity contribution is 14.0. The van der Waals surface area contributed by atoms with Crippen molar-refractivity contribution >= 4 is 40.0 Å². The third kappa shape index (κ3) is 7.79. The fourth-order valence-corrected chi connectivity index (χ4v) is 4.39. The highest BCUT2D eigenvalue weighted by Gasteiger charge is 2.27. The molecule has 0 saturated carbocycles. The second-order valence-electron chi connectivity index (χ2n) is 6.40. The first-order valence-electron chi connectivity index (χ1n) is 9.08. The van der Waals surface area contributed by atoms with Gasteiger partial charge < -0.3 is 10.6 Å². The standard InChI is InChI=1S/C18H30N4O2S.HI/c1-3-19-18(20-12-14-22-13-7-15-25(22,23)24)21-16(2)10-11-17-8-5-4-6-9-17;/h4-6,8-9,16H,3,7,10-15H2,1-2H3,(H2,19,20,21);1H. The van der Waals surface area contributed by atoms with Crippen LogP contribution in [0.5, 0.6) is 0 Å². The van der Waals surface area contributed by atoms with Crippen LogP contribution in [0.25, 0.3) is 0 Å². The lowest BCUT2D eigenvalue weighted by Crippen LogP contribution is -2.43. The molecule has 0 aliphatic carbocycles. The summed E-state index contributed by atoms with van der Waals surface area (Å²) < 4.78 is 25.2. The third-order valence-corrected chi connectivity index (χ3v) is 6.22. The zero-order valence-electron chi connectivity index (χ0n) is 15.6. The first kappa shape index (κ1) is 23.2. The van der Waals surface area contributed by atoms with E-state index in [1.54, 1.807) is 4.31 Å². The van der Waals surface area contributed by atoms with E-state index >= 15 is 0 Å². The number of hydrogen-bond donors (Lipinski definition) is 2. The summed E-state index contributed by atoms with van der Waals surface area (Å²) in [6.45, 7) is 6.49. The summed E-state index contributed by atoms with van der Waals surface area (Å²) in [5, 5.41) is 6.63. The van der Waals surface area contributed by atoms with Gasteiger partial charge in [0.05, 0.1) is 12.3 Å². The van der Waals surface area contributed by atoms with Crippen LogP contribution in [-0.2, 0) is 16.4 Å². The number of nitrogens with one attached hydrogen (secondary N) is 2. The molecule has 1 heterocycles. The molecule has 0 aromatic heterocycles. The van der Waals surface area contributed by atoms with Gasteiger partial charge in [-0.1, -0.05) is 30.3 Å². The fraction of sp³-hybridized carbons (Fsp3) is 0.611. The molecular formula is C18H31IN4O2S. The van der Waals surface area contributed by atoms with Crippen molar-refractivity contribution < 1.29 is 8.42 Å². The second kappa shape index (κ2) is 11.8. The molecule has 0 bridgehead atoms. The summed E-state index contributed by atoms with van der Waals surface area (Å²) in [4.78, 5) is 4.53. The van der Waals surface area contributed by atoms with E-state index in [2.05, 4.69) is 46.8 Å². The monoisotopic (exact) mass is 494 g/mol. The molecule has 1 aliphatic heterocycles. The molecule has 26 heavy (non-hydrogen) atoms. The molecule has 1 fully saturated rings. The molecule has 1 unspecified atom stereocenters. The van der Waals surface area contributed by atoms with Gasteiger partial charge in [0.25, 0.3) is 0 Å². The molecule has 2 rings (SSSR count). The van der Waals surface area contributed by atoms with Gasteiger partial charge in [-0.15, -0.1) is 24.0 Å². The number of aliphatic imine (C=N–C) groups is 1. The Labute approximate surface area is 174 Å². The maximum absolute atomic E-state index is 11.8. The predicted molar refractivity (Wildman–Crippen MR) is 119 cm³/mol. The number of hydrogen-bond acceptors (Lipinski definition) is 3. The minimum Gasteiger partial charge on any atom is -0.357 e. The van der Waals surface area contributed by atoms with Gasteiger partial charge in [-0.3, -0.25) is 4.99 Å². The molecule has 148 valence electrons. The summed E-state index contributed by atoms with van der Waals surface area (Å²) in [6, 6.07) is 10.7. The van der Waals surface area contributed by atoms with Crippen molar-refractivity contribution in [1.29, 1.82) is 0 Å². The fourth-order valence-electron chi connectivity index (χ4n) is 2.87. The van der Waals surface area contributed by atoms with Crippen LogP contribution in [0, 0.1) is 0 Å². The Bertz CT molecular complexity index is 652. The second-order valence-corrected chi connectivity index (χ2v) is 8.49. The van der Waals surface area contributed by atoms with Crippen LogP contribution in [0.3, 0.4) is 0 Å². The molecule has 2 N–H and O–H groups in total. The van der Waals surface area contributed by atoms with E-state index in [1.165, 1.54) is 5.56 Å². The normalized spacial score (nSPS) is 18.2. The van der Waals surface area contributed by atoms with Crippen LogP contribution >= 0.6 is 24.0 Å². The van der Waals surface area contributed by atoms with Crippen molar-refractivity contribution in [2.45, 2.75) is 39.2 Å². The lowest BCUT2D eigenvalue weighted by molar-refractivity contribution is 0.451. The Balaban J connectivity index is 0.00000338. The van der Waals surface area contributed by atoms with E-state index in [-0.39, 0.29) is 35.8 Å². The maximum Gasteiger partial charge on any atom is 0.214 e. The summed E-state index contributed by atoms with van der Waals surface area (Å²) in [6.07, 6.45) is 2.75. The van der Waals surface area contributed by atoms with Crippen molar-refractivity contribution in [3.63, 3.8) is 0 Å². The lowest BCUT2D eigenvalue weighted by Gasteiger charge is -2.18. The van der Waals surface area contributed by atoms with Gasteiger partial charge >= 0.3 is 0 Å². The average molecular weight is 494 g/mol. The highest BCUT2D eigenvalue weighted by Crippen LogP contribution is 2.12. The lowest BCUT2D eigenvalue weighted by atomic mass is 10.1. The molecule has 6 nitrogen and oxygen atoms in total. The molecule has 8 heteroatoms. The van der Waals surface area contributed by atoms with Crippen molar-refractivity contribution in [1.82, 2.24) is 14.9 Å². The summed E-state index contributed by atoms with van der Waals surface area (Å²) in [7, 11) is -3.04. The van der Waals surface area contributed by atoms with Crippen LogP contribution in [0.15, 0.2) is 35.3 Å². The van der Waals surface area contributed by atoms with E-state index in [4.69, 9.17) is 0 Å². The smallest absolute Gasteiger partial charge is 0.214 e. The van der Waals surface area contributed by atoms with E-state index in [1.807, 2.05) is 13.0 Å². The van der Waals surface area contributed by atoms with E-state index in [0.29, 0.717) is 19.6 Å². The molecule has 1 saturated heterocycles. The summed E-state index contributed by atoms with van der Waals surface area (Å²) in [5.74, 6) is 1.02.